The zero-order chi connectivity index (χ0) is 12.5. The van der Waals surface area contributed by atoms with Crippen LogP contribution in [-0.4, -0.2) is 18.2 Å². The van der Waals surface area contributed by atoms with Gasteiger partial charge in [-0.05, 0) is 18.6 Å². The summed E-state index contributed by atoms with van der Waals surface area (Å²) in [5, 5.41) is 0. The molecule has 0 radical (unpaired) electrons. The smallest absolute Gasteiger partial charge is 0.335 e. The number of aldehydes is 1. The lowest BCUT2D eigenvalue weighted by atomic mass is 10.2. The molecule has 0 atom stereocenters. The molecule has 1 amide bonds. The van der Waals surface area contributed by atoms with Crippen LogP contribution in [0.4, 0.5) is 0 Å². The van der Waals surface area contributed by atoms with E-state index in [9.17, 15) is 14.4 Å². The summed E-state index contributed by atoms with van der Waals surface area (Å²) in [4.78, 5) is 37.1. The van der Waals surface area contributed by atoms with Crippen molar-refractivity contribution in [3.8, 4) is 0 Å². The van der Waals surface area contributed by atoms with Gasteiger partial charge in [-0.3, -0.25) is 4.79 Å². The topological polar surface area (TPSA) is 72.5 Å². The molecule has 5 nitrogen and oxygen atoms in total. The lowest BCUT2D eigenvalue weighted by Crippen LogP contribution is -2.26. The molecule has 90 valence electrons. The van der Waals surface area contributed by atoms with Gasteiger partial charge in [-0.15, -0.1) is 0 Å². The van der Waals surface area contributed by atoms with Crippen LogP contribution in [0, 0.1) is 0 Å². The maximum atomic E-state index is 11.4. The summed E-state index contributed by atoms with van der Waals surface area (Å²) in [5.41, 5.74) is 2.40. The minimum Gasteiger partial charge on any atom is -0.335 e. The lowest BCUT2D eigenvalue weighted by molar-refractivity contribution is -0.130. The van der Waals surface area contributed by atoms with Gasteiger partial charge in [0.05, 0.1) is 5.56 Å². The van der Waals surface area contributed by atoms with E-state index >= 15 is 0 Å². The van der Waals surface area contributed by atoms with Crippen molar-refractivity contribution in [3.63, 3.8) is 0 Å². The fraction of sp³-hybridized carbons (Fsp3) is 0.250. The third-order valence-electron chi connectivity index (χ3n) is 1.99. The van der Waals surface area contributed by atoms with Crippen LogP contribution in [0.3, 0.4) is 0 Å². The zero-order valence-corrected chi connectivity index (χ0v) is 9.22. The first kappa shape index (κ1) is 12.9. The quantitative estimate of drug-likeness (QED) is 0.473. The Morgan fingerprint density at radius 1 is 1.24 bits per heavy atom. The minimum absolute atomic E-state index is 0.154. The summed E-state index contributed by atoms with van der Waals surface area (Å²) >= 11 is 0. The Morgan fingerprint density at radius 3 is 2.59 bits per heavy atom. The molecular formula is C12H13NO4. The van der Waals surface area contributed by atoms with Crippen LogP contribution in [0.1, 0.15) is 29.6 Å². The van der Waals surface area contributed by atoms with E-state index in [-0.39, 0.29) is 6.42 Å². The molecule has 1 aromatic carbocycles. The van der Waals surface area contributed by atoms with E-state index in [2.05, 4.69) is 4.84 Å². The van der Waals surface area contributed by atoms with Crippen LogP contribution in [0.5, 0.6) is 0 Å². The third-order valence-corrected chi connectivity index (χ3v) is 1.99. The molecule has 17 heavy (non-hydrogen) atoms. The lowest BCUT2D eigenvalue weighted by Gasteiger charge is -2.04. The molecule has 0 spiro atoms. The molecule has 0 fully saturated rings. The molecule has 0 saturated carbocycles. The van der Waals surface area contributed by atoms with Crippen LogP contribution in [-0.2, 0) is 14.4 Å². The summed E-state index contributed by atoms with van der Waals surface area (Å²) in [7, 11) is 0. The van der Waals surface area contributed by atoms with Gasteiger partial charge in [0.25, 0.3) is 5.91 Å². The number of hydroxylamine groups is 1. The Bertz CT molecular complexity index is 389. The van der Waals surface area contributed by atoms with Gasteiger partial charge in [0, 0.05) is 12.8 Å². The van der Waals surface area contributed by atoms with E-state index < -0.39 is 11.9 Å². The zero-order valence-electron chi connectivity index (χ0n) is 9.22. The molecule has 0 aliphatic rings. The number of hydrogen-bond donors (Lipinski definition) is 1. The summed E-state index contributed by atoms with van der Waals surface area (Å²) in [6, 6.07) is 8.33. The average molecular weight is 235 g/mol. The van der Waals surface area contributed by atoms with Gasteiger partial charge in [0.2, 0.25) is 0 Å². The predicted octanol–water partition coefficient (Wildman–Crippen LogP) is 1.24. The number of benzene rings is 1. The van der Waals surface area contributed by atoms with Crippen molar-refractivity contribution in [1.82, 2.24) is 5.48 Å². The van der Waals surface area contributed by atoms with Crippen LogP contribution in [0.15, 0.2) is 30.3 Å². The van der Waals surface area contributed by atoms with Gasteiger partial charge in [0.1, 0.15) is 6.29 Å². The molecule has 0 unspecified atom stereocenters. The van der Waals surface area contributed by atoms with E-state index in [0.29, 0.717) is 18.4 Å². The standard InChI is InChI=1S/C12H13NO4/c14-9-5-4-8-11(15)13-17-12(16)10-6-2-1-3-7-10/h1-3,6-7,9H,4-5,8H2,(H,13,15). The number of rotatable bonds is 5. The number of carbonyl (C=O) groups is 3. The van der Waals surface area contributed by atoms with Crippen molar-refractivity contribution in [2.75, 3.05) is 0 Å². The second-order valence-electron chi connectivity index (χ2n) is 3.34. The predicted molar refractivity (Wildman–Crippen MR) is 59.9 cm³/mol. The minimum atomic E-state index is -0.616. The molecule has 1 aromatic rings. The highest BCUT2D eigenvalue weighted by Gasteiger charge is 2.08. The van der Waals surface area contributed by atoms with E-state index in [1.807, 2.05) is 5.48 Å². The van der Waals surface area contributed by atoms with Gasteiger partial charge >= 0.3 is 5.97 Å². The average Bonchev–Trinajstić information content (AvgIpc) is 2.37. The fourth-order valence-corrected chi connectivity index (χ4v) is 1.13. The number of amides is 1. The van der Waals surface area contributed by atoms with Gasteiger partial charge in [-0.2, -0.15) is 5.48 Å². The SMILES string of the molecule is O=CCCCC(=O)NOC(=O)c1ccccc1. The molecular weight excluding hydrogens is 222 g/mol. The molecule has 0 saturated heterocycles. The number of unbranched alkanes of at least 4 members (excludes halogenated alkanes) is 1. The highest BCUT2D eigenvalue weighted by Crippen LogP contribution is 2.00. The molecule has 5 heteroatoms. The highest BCUT2D eigenvalue weighted by atomic mass is 16.7. The largest absolute Gasteiger partial charge is 0.362 e. The Morgan fingerprint density at radius 2 is 1.94 bits per heavy atom. The van der Waals surface area contributed by atoms with Crippen LogP contribution < -0.4 is 5.48 Å². The molecule has 0 bridgehead atoms. The maximum Gasteiger partial charge on any atom is 0.362 e. The van der Waals surface area contributed by atoms with Crippen molar-refractivity contribution >= 4 is 18.2 Å². The first-order valence-electron chi connectivity index (χ1n) is 5.22. The fourth-order valence-electron chi connectivity index (χ4n) is 1.13. The Kier molecular flexibility index (Phi) is 5.43. The molecule has 0 aliphatic carbocycles. The van der Waals surface area contributed by atoms with Gasteiger partial charge < -0.3 is 9.63 Å². The first-order chi connectivity index (χ1) is 8.24. The summed E-state index contributed by atoms with van der Waals surface area (Å²) in [5.74, 6) is -1.04. The van der Waals surface area contributed by atoms with Crippen molar-refractivity contribution in [1.29, 1.82) is 0 Å². The van der Waals surface area contributed by atoms with Crippen LogP contribution in [0.25, 0.3) is 0 Å². The van der Waals surface area contributed by atoms with Crippen molar-refractivity contribution < 1.29 is 19.2 Å². The number of hydrogen-bond acceptors (Lipinski definition) is 4. The van der Waals surface area contributed by atoms with Gasteiger partial charge in [-0.25, -0.2) is 4.79 Å². The molecule has 1 N–H and O–H groups in total. The molecule has 0 aromatic heterocycles. The maximum absolute atomic E-state index is 11.4. The van der Waals surface area contributed by atoms with E-state index in [1.165, 1.54) is 0 Å². The second kappa shape index (κ2) is 7.16. The monoisotopic (exact) mass is 235 g/mol. The third kappa shape index (κ3) is 4.92. The summed E-state index contributed by atoms with van der Waals surface area (Å²) in [6.07, 6.45) is 1.66. The Balaban J connectivity index is 2.29. The molecule has 1 rings (SSSR count). The van der Waals surface area contributed by atoms with E-state index in [4.69, 9.17) is 0 Å². The van der Waals surface area contributed by atoms with Gasteiger partial charge in [-0.1, -0.05) is 18.2 Å². The number of nitrogens with one attached hydrogen (secondary N) is 1. The Hall–Kier alpha value is -2.17. The Labute approximate surface area is 98.7 Å². The van der Waals surface area contributed by atoms with Crippen molar-refractivity contribution in [2.24, 2.45) is 0 Å². The summed E-state index contributed by atoms with van der Waals surface area (Å²) < 4.78 is 0. The first-order valence-corrected chi connectivity index (χ1v) is 5.22. The molecule has 0 heterocycles. The van der Waals surface area contributed by atoms with Gasteiger partial charge in [0.15, 0.2) is 0 Å². The molecule has 0 aliphatic heterocycles. The van der Waals surface area contributed by atoms with E-state index in [0.717, 1.165) is 6.29 Å². The van der Waals surface area contributed by atoms with Crippen LogP contribution in [0.2, 0.25) is 0 Å². The second-order valence-corrected chi connectivity index (χ2v) is 3.34. The summed E-state index contributed by atoms with van der Waals surface area (Å²) in [6.45, 7) is 0. The van der Waals surface area contributed by atoms with Crippen LogP contribution >= 0.6 is 0 Å². The number of carbonyl (C=O) groups excluding carboxylic acids is 3. The normalized spacial score (nSPS) is 9.41. The highest BCUT2D eigenvalue weighted by molar-refractivity contribution is 5.90. The van der Waals surface area contributed by atoms with Crippen molar-refractivity contribution in [3.05, 3.63) is 35.9 Å². The van der Waals surface area contributed by atoms with E-state index in [1.54, 1.807) is 30.3 Å². The van der Waals surface area contributed by atoms with Crippen molar-refractivity contribution in [2.45, 2.75) is 19.3 Å².